The quantitative estimate of drug-likeness (QED) is 0.644. The zero-order valence-electron chi connectivity index (χ0n) is 13.9. The number of nitrogens with zero attached hydrogens (tertiary/aromatic N) is 1. The van der Waals surface area contributed by atoms with Gasteiger partial charge in [0.15, 0.2) is 5.43 Å². The van der Waals surface area contributed by atoms with E-state index in [1.807, 2.05) is 4.90 Å². The Labute approximate surface area is 145 Å². The summed E-state index contributed by atoms with van der Waals surface area (Å²) in [4.78, 5) is 37.4. The predicted molar refractivity (Wildman–Crippen MR) is 95.0 cm³/mol. The lowest BCUT2D eigenvalue weighted by Crippen LogP contribution is -2.30. The average Bonchev–Trinajstić information content (AvgIpc) is 3.03. The topological polar surface area (TPSA) is 79.6 Å². The van der Waals surface area contributed by atoms with E-state index in [0.29, 0.717) is 42.5 Å². The maximum Gasteiger partial charge on any atom is 0.244 e. The van der Waals surface area contributed by atoms with Gasteiger partial charge in [0.05, 0.1) is 10.9 Å². The van der Waals surface area contributed by atoms with E-state index in [1.165, 1.54) is 18.4 Å². The first-order valence-electron chi connectivity index (χ1n) is 8.39. The average molecular weight is 340 g/mol. The van der Waals surface area contributed by atoms with Crippen molar-refractivity contribution in [2.75, 3.05) is 19.6 Å². The third-order valence-electron chi connectivity index (χ3n) is 4.20. The minimum absolute atomic E-state index is 0.168. The summed E-state index contributed by atoms with van der Waals surface area (Å²) in [6.45, 7) is 1.96. The highest BCUT2D eigenvalue weighted by molar-refractivity contribution is 5.92. The van der Waals surface area contributed by atoms with E-state index in [0.717, 1.165) is 13.0 Å². The molecule has 1 fully saturated rings. The Kier molecular flexibility index (Phi) is 5.28. The van der Waals surface area contributed by atoms with Crippen molar-refractivity contribution in [3.63, 3.8) is 0 Å². The standard InChI is InChI=1S/C19H20N2O4/c22-17(20-10-4-12-21-11-3-7-18(21)23)9-8-14-13-25-16-6-2-1-5-15(16)19(14)24/h1-2,5-6,8-9,13H,3-4,7,10-12H2,(H,20,22)/b9-8+. The van der Waals surface area contributed by atoms with Gasteiger partial charge in [-0.3, -0.25) is 14.4 Å². The van der Waals surface area contributed by atoms with E-state index in [-0.39, 0.29) is 17.2 Å². The predicted octanol–water partition coefficient (Wildman–Crippen LogP) is 1.93. The number of carbonyl (C=O) groups is 2. The van der Waals surface area contributed by atoms with Crippen LogP contribution in [0.15, 0.2) is 45.8 Å². The van der Waals surface area contributed by atoms with Gasteiger partial charge in [0.1, 0.15) is 11.8 Å². The summed E-state index contributed by atoms with van der Waals surface area (Å²) in [5.41, 5.74) is 0.681. The third kappa shape index (κ3) is 4.15. The number of nitrogens with one attached hydrogen (secondary N) is 1. The lowest BCUT2D eigenvalue weighted by atomic mass is 10.1. The zero-order valence-corrected chi connectivity index (χ0v) is 13.9. The van der Waals surface area contributed by atoms with Crippen molar-refractivity contribution in [1.82, 2.24) is 10.2 Å². The Hall–Kier alpha value is -2.89. The molecule has 1 N–H and O–H groups in total. The summed E-state index contributed by atoms with van der Waals surface area (Å²) in [6.07, 6.45) is 6.39. The normalized spacial score (nSPS) is 14.6. The number of benzene rings is 1. The van der Waals surface area contributed by atoms with Crippen molar-refractivity contribution in [2.24, 2.45) is 0 Å². The van der Waals surface area contributed by atoms with Crippen LogP contribution in [0.2, 0.25) is 0 Å². The Morgan fingerprint density at radius 1 is 1.28 bits per heavy atom. The van der Waals surface area contributed by atoms with Crippen molar-refractivity contribution in [2.45, 2.75) is 19.3 Å². The number of para-hydroxylation sites is 1. The van der Waals surface area contributed by atoms with Gasteiger partial charge in [0, 0.05) is 32.1 Å². The molecular weight excluding hydrogens is 320 g/mol. The molecule has 1 aromatic carbocycles. The van der Waals surface area contributed by atoms with E-state index in [4.69, 9.17) is 4.42 Å². The molecule has 2 heterocycles. The van der Waals surface area contributed by atoms with E-state index < -0.39 is 0 Å². The lowest BCUT2D eigenvalue weighted by Gasteiger charge is -2.14. The zero-order chi connectivity index (χ0) is 17.6. The number of likely N-dealkylation sites (tertiary alicyclic amines) is 1. The van der Waals surface area contributed by atoms with Crippen molar-refractivity contribution in [1.29, 1.82) is 0 Å². The van der Waals surface area contributed by atoms with Crippen molar-refractivity contribution >= 4 is 28.9 Å². The first-order chi connectivity index (χ1) is 12.1. The summed E-state index contributed by atoms with van der Waals surface area (Å²) in [6, 6.07) is 6.98. The van der Waals surface area contributed by atoms with Crippen LogP contribution in [0.3, 0.4) is 0 Å². The maximum absolute atomic E-state index is 12.3. The molecule has 6 heteroatoms. The molecule has 130 valence electrons. The van der Waals surface area contributed by atoms with E-state index in [9.17, 15) is 14.4 Å². The van der Waals surface area contributed by atoms with Crippen LogP contribution in [0.5, 0.6) is 0 Å². The smallest absolute Gasteiger partial charge is 0.244 e. The van der Waals surface area contributed by atoms with Gasteiger partial charge in [-0.2, -0.15) is 0 Å². The second-order valence-electron chi connectivity index (χ2n) is 5.98. The molecule has 0 aliphatic carbocycles. The minimum atomic E-state index is -0.277. The van der Waals surface area contributed by atoms with Gasteiger partial charge in [0.2, 0.25) is 11.8 Å². The van der Waals surface area contributed by atoms with Gasteiger partial charge < -0.3 is 14.6 Å². The fourth-order valence-electron chi connectivity index (χ4n) is 2.85. The van der Waals surface area contributed by atoms with Crippen LogP contribution in [0, 0.1) is 0 Å². The van der Waals surface area contributed by atoms with Crippen LogP contribution in [-0.4, -0.2) is 36.3 Å². The Balaban J connectivity index is 1.51. The monoisotopic (exact) mass is 340 g/mol. The summed E-state index contributed by atoms with van der Waals surface area (Å²) in [7, 11) is 0. The fourth-order valence-corrected chi connectivity index (χ4v) is 2.85. The number of hydrogen-bond donors (Lipinski definition) is 1. The summed E-state index contributed by atoms with van der Waals surface area (Å²) in [5.74, 6) is -0.0884. The fraction of sp³-hybridized carbons (Fsp3) is 0.316. The van der Waals surface area contributed by atoms with Crippen LogP contribution in [-0.2, 0) is 9.59 Å². The molecule has 0 unspecified atom stereocenters. The maximum atomic E-state index is 12.3. The molecule has 0 spiro atoms. The van der Waals surface area contributed by atoms with Crippen LogP contribution in [0.4, 0.5) is 0 Å². The number of fused-ring (bicyclic) bond motifs is 1. The number of hydrogen-bond acceptors (Lipinski definition) is 4. The third-order valence-corrected chi connectivity index (χ3v) is 4.20. The van der Waals surface area contributed by atoms with E-state index >= 15 is 0 Å². The SMILES string of the molecule is O=C(/C=C/c1coc2ccccc2c1=O)NCCCN1CCCC1=O. The molecule has 2 amide bonds. The van der Waals surface area contributed by atoms with Gasteiger partial charge in [-0.25, -0.2) is 0 Å². The first-order valence-corrected chi connectivity index (χ1v) is 8.39. The highest BCUT2D eigenvalue weighted by Crippen LogP contribution is 2.11. The molecule has 0 radical (unpaired) electrons. The molecule has 0 atom stereocenters. The van der Waals surface area contributed by atoms with Crippen LogP contribution < -0.4 is 10.7 Å². The molecule has 25 heavy (non-hydrogen) atoms. The molecule has 0 bridgehead atoms. The van der Waals surface area contributed by atoms with Crippen LogP contribution >= 0.6 is 0 Å². The molecule has 3 rings (SSSR count). The van der Waals surface area contributed by atoms with Crippen LogP contribution in [0.1, 0.15) is 24.8 Å². The molecule has 1 saturated heterocycles. The molecule has 2 aromatic rings. The van der Waals surface area contributed by atoms with Crippen molar-refractivity contribution in [3.8, 4) is 0 Å². The number of carbonyl (C=O) groups excluding carboxylic acids is 2. The van der Waals surface area contributed by atoms with E-state index in [2.05, 4.69) is 5.32 Å². The number of rotatable bonds is 6. The van der Waals surface area contributed by atoms with Gasteiger partial charge in [-0.1, -0.05) is 12.1 Å². The molecule has 6 nitrogen and oxygen atoms in total. The van der Waals surface area contributed by atoms with Crippen LogP contribution in [0.25, 0.3) is 17.0 Å². The Morgan fingerprint density at radius 2 is 2.12 bits per heavy atom. The lowest BCUT2D eigenvalue weighted by molar-refractivity contribution is -0.127. The van der Waals surface area contributed by atoms with E-state index in [1.54, 1.807) is 24.3 Å². The molecule has 1 aromatic heterocycles. The summed E-state index contributed by atoms with van der Waals surface area (Å²) >= 11 is 0. The van der Waals surface area contributed by atoms with Crippen molar-refractivity contribution in [3.05, 3.63) is 52.4 Å². The Morgan fingerprint density at radius 3 is 2.92 bits per heavy atom. The number of amides is 2. The summed E-state index contributed by atoms with van der Waals surface area (Å²) < 4.78 is 5.40. The first kappa shape index (κ1) is 17.0. The highest BCUT2D eigenvalue weighted by Gasteiger charge is 2.18. The van der Waals surface area contributed by atoms with Crippen molar-refractivity contribution < 1.29 is 14.0 Å². The molecule has 1 aliphatic heterocycles. The molecule has 0 saturated carbocycles. The minimum Gasteiger partial charge on any atom is -0.463 e. The summed E-state index contributed by atoms with van der Waals surface area (Å²) in [5, 5.41) is 3.24. The highest BCUT2D eigenvalue weighted by atomic mass is 16.3. The van der Waals surface area contributed by atoms with Gasteiger partial charge >= 0.3 is 0 Å². The van der Waals surface area contributed by atoms with Gasteiger partial charge in [0.25, 0.3) is 0 Å². The van der Waals surface area contributed by atoms with Gasteiger partial charge in [-0.15, -0.1) is 0 Å². The second kappa shape index (κ2) is 7.79. The Bertz CT molecular complexity index is 869. The second-order valence-corrected chi connectivity index (χ2v) is 5.98. The molecular formula is C19H20N2O4. The largest absolute Gasteiger partial charge is 0.463 e. The molecule has 1 aliphatic rings. The van der Waals surface area contributed by atoms with Gasteiger partial charge in [-0.05, 0) is 31.1 Å².